The molecule has 1 atom stereocenters. The molecule has 220 valence electrons. The van der Waals surface area contributed by atoms with Crippen LogP contribution in [0, 0.1) is 6.92 Å². The second-order valence-electron chi connectivity index (χ2n) is 10.7. The lowest BCUT2D eigenvalue weighted by molar-refractivity contribution is -0.119. The quantitative estimate of drug-likeness (QED) is 0.286. The Morgan fingerprint density at radius 3 is 2.29 bits per heavy atom. The molecule has 1 saturated heterocycles. The number of nitrogens with zero attached hydrogens (tertiary/aromatic N) is 1. The minimum Gasteiger partial charge on any atom is -0.484 e. The van der Waals surface area contributed by atoms with Crippen LogP contribution in [0.3, 0.4) is 0 Å². The van der Waals surface area contributed by atoms with Crippen molar-refractivity contribution in [1.29, 1.82) is 0 Å². The molecule has 0 bridgehead atoms. The Bertz CT molecular complexity index is 1470. The second kappa shape index (κ2) is 13.3. The lowest BCUT2D eigenvalue weighted by Gasteiger charge is -2.26. The molecule has 1 heterocycles. The van der Waals surface area contributed by atoms with Crippen molar-refractivity contribution in [3.05, 3.63) is 77.9 Å². The van der Waals surface area contributed by atoms with E-state index in [4.69, 9.17) is 9.47 Å². The number of nitrogens with one attached hydrogen (secondary N) is 2. The van der Waals surface area contributed by atoms with E-state index in [0.717, 1.165) is 32.7 Å². The number of ether oxygens (including phenoxy) is 2. The summed E-state index contributed by atoms with van der Waals surface area (Å²) in [7, 11) is 1.60. The number of anilines is 2. The van der Waals surface area contributed by atoms with Crippen LogP contribution < -0.4 is 20.3 Å². The molecule has 0 aromatic heterocycles. The molecule has 1 fully saturated rings. The maximum atomic E-state index is 12.9. The number of rotatable bonds is 9. The first kappa shape index (κ1) is 31.0. The van der Waals surface area contributed by atoms with Crippen molar-refractivity contribution in [2.24, 2.45) is 0 Å². The molecular formula is C31H33N3O6S2. The van der Waals surface area contributed by atoms with Gasteiger partial charge in [-0.15, -0.1) is 0 Å². The zero-order valence-corrected chi connectivity index (χ0v) is 25.7. The molecule has 1 unspecified atom stereocenters. The highest BCUT2D eigenvalue weighted by molar-refractivity contribution is 8.15. The maximum Gasteiger partial charge on any atom is 0.414 e. The predicted octanol–water partition coefficient (Wildman–Crippen LogP) is 6.43. The van der Waals surface area contributed by atoms with Crippen LogP contribution in [-0.4, -0.2) is 47.7 Å². The van der Waals surface area contributed by atoms with Crippen molar-refractivity contribution < 1.29 is 28.7 Å². The molecule has 3 aromatic carbocycles. The number of aryl methyl sites for hydroxylation is 1. The van der Waals surface area contributed by atoms with E-state index in [1.807, 2.05) is 43.3 Å². The molecule has 0 aliphatic carbocycles. The summed E-state index contributed by atoms with van der Waals surface area (Å²) < 4.78 is 11.2. The number of amides is 4. The van der Waals surface area contributed by atoms with Gasteiger partial charge in [-0.25, -0.2) is 4.79 Å². The number of carbonyl (C=O) groups excluding carboxylic acids is 4. The molecule has 42 heavy (non-hydrogen) atoms. The summed E-state index contributed by atoms with van der Waals surface area (Å²) in [6.07, 6.45) is -0.139. The van der Waals surface area contributed by atoms with Crippen molar-refractivity contribution in [2.75, 3.05) is 23.9 Å². The van der Waals surface area contributed by atoms with Gasteiger partial charge in [-0.2, -0.15) is 0 Å². The second-order valence-corrected chi connectivity index (χ2v) is 13.0. The first-order chi connectivity index (χ1) is 19.9. The van der Waals surface area contributed by atoms with E-state index in [2.05, 4.69) is 10.6 Å². The number of benzene rings is 3. The standard InChI is InChI=1S/C31H33N3O6S2/c1-19-6-12-22(13-7-19)41-23-14-15-24(25(17-23)34(5)30(38)40-31(2,3)4)32-27(35)18-39-21-10-8-20(9-11-21)16-26-28(36)33-29(37)42-26/h6-15,17,26H,16,18H2,1-5H3,(H,32,35)(H,33,36,37). The summed E-state index contributed by atoms with van der Waals surface area (Å²) in [6.45, 7) is 7.14. The molecule has 11 heteroatoms. The van der Waals surface area contributed by atoms with Crippen molar-refractivity contribution in [3.8, 4) is 5.75 Å². The Balaban J connectivity index is 1.43. The summed E-state index contributed by atoms with van der Waals surface area (Å²) in [5.41, 5.74) is 2.25. The van der Waals surface area contributed by atoms with Crippen LogP contribution in [0.15, 0.2) is 76.5 Å². The molecule has 1 aliphatic rings. The summed E-state index contributed by atoms with van der Waals surface area (Å²) >= 11 is 2.52. The average molecular weight is 608 g/mol. The SMILES string of the molecule is Cc1ccc(Sc2ccc(NC(=O)COc3ccc(CC4SC(=O)NC4=O)cc3)c(N(C)C(=O)OC(C)(C)C)c2)cc1. The minimum absolute atomic E-state index is 0.260. The van der Waals surface area contributed by atoms with E-state index in [-0.39, 0.29) is 17.8 Å². The zero-order chi connectivity index (χ0) is 30.4. The molecule has 0 spiro atoms. The van der Waals surface area contributed by atoms with Crippen molar-refractivity contribution in [3.63, 3.8) is 0 Å². The topological polar surface area (TPSA) is 114 Å². The monoisotopic (exact) mass is 607 g/mol. The van der Waals surface area contributed by atoms with Gasteiger partial charge in [-0.05, 0) is 82.1 Å². The molecule has 4 amide bonds. The number of hydrogen-bond donors (Lipinski definition) is 2. The summed E-state index contributed by atoms with van der Waals surface area (Å²) in [4.78, 5) is 52.3. The maximum absolute atomic E-state index is 12.9. The highest BCUT2D eigenvalue weighted by atomic mass is 32.2. The summed E-state index contributed by atoms with van der Waals surface area (Å²) in [6, 6.07) is 20.6. The van der Waals surface area contributed by atoms with Gasteiger partial charge in [0, 0.05) is 16.8 Å². The normalized spacial score (nSPS) is 14.7. The zero-order valence-electron chi connectivity index (χ0n) is 24.1. The third-order valence-corrected chi connectivity index (χ3v) is 7.99. The third-order valence-electron chi connectivity index (χ3n) is 6.01. The summed E-state index contributed by atoms with van der Waals surface area (Å²) in [5, 5.41) is 4.33. The predicted molar refractivity (Wildman–Crippen MR) is 166 cm³/mol. The Kier molecular flexibility index (Phi) is 9.85. The number of hydrogen-bond acceptors (Lipinski definition) is 8. The first-order valence-corrected chi connectivity index (χ1v) is 14.9. The number of carbonyl (C=O) groups is 4. The summed E-state index contributed by atoms with van der Waals surface area (Å²) in [5.74, 6) is -0.223. The minimum atomic E-state index is -0.688. The molecule has 9 nitrogen and oxygen atoms in total. The van der Waals surface area contributed by atoms with E-state index in [1.165, 1.54) is 4.90 Å². The lowest BCUT2D eigenvalue weighted by Crippen LogP contribution is -2.34. The average Bonchev–Trinajstić information content (AvgIpc) is 3.25. The Hall–Kier alpha value is -3.96. The van der Waals surface area contributed by atoms with Crippen LogP contribution in [0.25, 0.3) is 0 Å². The Morgan fingerprint density at radius 1 is 1.00 bits per heavy atom. The molecule has 0 radical (unpaired) electrons. The van der Waals surface area contributed by atoms with Gasteiger partial charge in [0.05, 0.1) is 16.6 Å². The molecular weight excluding hydrogens is 574 g/mol. The Morgan fingerprint density at radius 2 is 1.67 bits per heavy atom. The smallest absolute Gasteiger partial charge is 0.414 e. The molecule has 1 aliphatic heterocycles. The van der Waals surface area contributed by atoms with Gasteiger partial charge < -0.3 is 14.8 Å². The van der Waals surface area contributed by atoms with Crippen LogP contribution in [0.4, 0.5) is 21.0 Å². The fourth-order valence-electron chi connectivity index (χ4n) is 3.93. The van der Waals surface area contributed by atoms with Crippen molar-refractivity contribution >= 4 is 58.0 Å². The van der Waals surface area contributed by atoms with Gasteiger partial charge in [-0.3, -0.25) is 24.6 Å². The van der Waals surface area contributed by atoms with Crippen LogP contribution in [-0.2, 0) is 20.7 Å². The van der Waals surface area contributed by atoms with Crippen LogP contribution in [0.1, 0.15) is 31.9 Å². The van der Waals surface area contributed by atoms with Crippen LogP contribution in [0.5, 0.6) is 5.75 Å². The highest BCUT2D eigenvalue weighted by Gasteiger charge is 2.31. The first-order valence-electron chi connectivity index (χ1n) is 13.2. The van der Waals surface area contributed by atoms with E-state index >= 15 is 0 Å². The van der Waals surface area contributed by atoms with E-state index < -0.39 is 22.9 Å². The highest BCUT2D eigenvalue weighted by Crippen LogP contribution is 2.35. The number of thioether (sulfide) groups is 1. The van der Waals surface area contributed by atoms with Crippen LogP contribution in [0.2, 0.25) is 0 Å². The molecule has 0 saturated carbocycles. The molecule has 2 N–H and O–H groups in total. The largest absolute Gasteiger partial charge is 0.484 e. The van der Waals surface area contributed by atoms with Gasteiger partial charge in [0.25, 0.3) is 11.1 Å². The molecule has 4 rings (SSSR count). The van der Waals surface area contributed by atoms with Gasteiger partial charge in [0.15, 0.2) is 6.61 Å². The van der Waals surface area contributed by atoms with Crippen molar-refractivity contribution in [1.82, 2.24) is 5.32 Å². The molecule has 3 aromatic rings. The van der Waals surface area contributed by atoms with E-state index in [1.54, 1.807) is 69.9 Å². The van der Waals surface area contributed by atoms with Gasteiger partial charge in [-0.1, -0.05) is 53.4 Å². The van der Waals surface area contributed by atoms with Gasteiger partial charge in [0.1, 0.15) is 11.4 Å². The third kappa shape index (κ3) is 8.77. The van der Waals surface area contributed by atoms with Gasteiger partial charge in [0.2, 0.25) is 5.91 Å². The van der Waals surface area contributed by atoms with E-state index in [9.17, 15) is 19.2 Å². The number of imide groups is 1. The Labute approximate surface area is 253 Å². The lowest BCUT2D eigenvalue weighted by atomic mass is 10.1. The fraction of sp³-hybridized carbons (Fsp3) is 0.290. The fourth-order valence-corrected chi connectivity index (χ4v) is 5.64. The van der Waals surface area contributed by atoms with E-state index in [0.29, 0.717) is 23.5 Å². The van der Waals surface area contributed by atoms with Crippen molar-refractivity contribution in [2.45, 2.75) is 54.8 Å². The van der Waals surface area contributed by atoms with Crippen LogP contribution >= 0.6 is 23.5 Å². The van der Waals surface area contributed by atoms with Gasteiger partial charge >= 0.3 is 6.09 Å².